The third kappa shape index (κ3) is 5.26. The van der Waals surface area contributed by atoms with Crippen LogP contribution in [0.5, 0.6) is 5.75 Å². The van der Waals surface area contributed by atoms with E-state index in [-0.39, 0.29) is 42.9 Å². The van der Waals surface area contributed by atoms with Gasteiger partial charge >= 0.3 is 6.03 Å². The third-order valence-electron chi connectivity index (χ3n) is 6.97. The largest absolute Gasteiger partial charge is 0.487 e. The molecule has 3 N–H and O–H groups in total. The van der Waals surface area contributed by atoms with E-state index in [9.17, 15) is 19.1 Å². The molecule has 0 spiro atoms. The van der Waals surface area contributed by atoms with E-state index in [0.717, 1.165) is 37.9 Å². The smallest absolute Gasteiger partial charge is 0.323 e. The Hall–Kier alpha value is -3.17. The molecular weight excluding hydrogens is 453 g/mol. The summed E-state index contributed by atoms with van der Waals surface area (Å²) in [7, 11) is 0. The Balaban J connectivity index is 1.27. The van der Waals surface area contributed by atoms with Crippen LogP contribution in [0.2, 0.25) is 0 Å². The molecule has 4 atom stereocenters. The fourth-order valence-corrected chi connectivity index (χ4v) is 5.26. The molecule has 2 saturated heterocycles. The van der Waals surface area contributed by atoms with E-state index in [1.807, 2.05) is 11.0 Å². The zero-order valence-corrected chi connectivity index (χ0v) is 19.4. The molecule has 3 aliphatic rings. The van der Waals surface area contributed by atoms with Crippen molar-refractivity contribution in [1.82, 2.24) is 4.90 Å². The lowest BCUT2D eigenvalue weighted by molar-refractivity contribution is -0.149. The second-order valence-corrected chi connectivity index (χ2v) is 9.39. The molecule has 2 aromatic rings. The van der Waals surface area contributed by atoms with E-state index in [1.54, 1.807) is 12.1 Å². The molecule has 35 heavy (non-hydrogen) atoms. The van der Waals surface area contributed by atoms with E-state index < -0.39 is 12.1 Å². The highest BCUT2D eigenvalue weighted by Crippen LogP contribution is 2.47. The fourth-order valence-electron chi connectivity index (χ4n) is 5.26. The quantitative estimate of drug-likeness (QED) is 0.600. The molecular formula is C26H30FN3O5. The second-order valence-electron chi connectivity index (χ2n) is 9.39. The highest BCUT2D eigenvalue weighted by molar-refractivity contribution is 5.99. The first-order valence-corrected chi connectivity index (χ1v) is 12.2. The molecule has 0 bridgehead atoms. The van der Waals surface area contributed by atoms with E-state index in [4.69, 9.17) is 9.47 Å². The SMILES string of the molecule is O=C(Nc1ccc(F)cc1)Nc1ccc2c(c1)[C@@H]1C[C@@H](CC(=O)N3CCCCC3)O[C@H](CO)[C@@H]1O2. The molecule has 9 heteroatoms. The second kappa shape index (κ2) is 10.2. The number of ether oxygens (including phenoxy) is 2. The van der Waals surface area contributed by atoms with E-state index >= 15 is 0 Å². The van der Waals surface area contributed by atoms with E-state index in [0.29, 0.717) is 23.5 Å². The Bertz CT molecular complexity index is 1070. The zero-order valence-electron chi connectivity index (χ0n) is 19.4. The molecule has 0 aliphatic carbocycles. The molecule has 2 fully saturated rings. The Morgan fingerprint density at radius 1 is 1.03 bits per heavy atom. The van der Waals surface area contributed by atoms with Gasteiger partial charge in [-0.2, -0.15) is 0 Å². The van der Waals surface area contributed by atoms with Crippen LogP contribution in [0, 0.1) is 5.82 Å². The Labute approximate surface area is 203 Å². The van der Waals surface area contributed by atoms with Gasteiger partial charge in [-0.1, -0.05) is 0 Å². The number of benzene rings is 2. The van der Waals surface area contributed by atoms with Crippen molar-refractivity contribution in [1.29, 1.82) is 0 Å². The highest BCUT2D eigenvalue weighted by Gasteiger charge is 2.46. The minimum atomic E-state index is -0.529. The predicted molar refractivity (Wildman–Crippen MR) is 128 cm³/mol. The number of carbonyl (C=O) groups is 2. The normalized spacial score (nSPS) is 25.3. The van der Waals surface area contributed by atoms with Crippen molar-refractivity contribution in [2.24, 2.45) is 0 Å². The van der Waals surface area contributed by atoms with Crippen molar-refractivity contribution in [2.75, 3.05) is 30.3 Å². The van der Waals surface area contributed by atoms with Crippen molar-refractivity contribution < 1.29 is 28.6 Å². The van der Waals surface area contributed by atoms with Crippen molar-refractivity contribution in [3.8, 4) is 5.75 Å². The number of nitrogens with zero attached hydrogens (tertiary/aromatic N) is 1. The van der Waals surface area contributed by atoms with E-state index in [2.05, 4.69) is 10.6 Å². The summed E-state index contributed by atoms with van der Waals surface area (Å²) in [6.07, 6.45) is 2.92. The van der Waals surface area contributed by atoms with Gasteiger partial charge in [-0.3, -0.25) is 4.79 Å². The number of fused-ring (bicyclic) bond motifs is 3. The average molecular weight is 484 g/mol. The van der Waals surface area contributed by atoms with Gasteiger partial charge in [0, 0.05) is 35.9 Å². The summed E-state index contributed by atoms with van der Waals surface area (Å²) >= 11 is 0. The van der Waals surface area contributed by atoms with Crippen LogP contribution in [0.3, 0.4) is 0 Å². The number of anilines is 2. The molecule has 2 aromatic carbocycles. The lowest BCUT2D eigenvalue weighted by Crippen LogP contribution is -2.48. The molecule has 0 aromatic heterocycles. The fraction of sp³-hybridized carbons (Fsp3) is 0.462. The van der Waals surface area contributed by atoms with Gasteiger partial charge in [0.25, 0.3) is 0 Å². The number of carbonyl (C=O) groups excluding carboxylic acids is 2. The number of amides is 3. The van der Waals surface area contributed by atoms with Gasteiger partial charge in [-0.05, 0) is 68.1 Å². The maximum Gasteiger partial charge on any atom is 0.323 e. The summed E-state index contributed by atoms with van der Waals surface area (Å²) in [5.74, 6) is 0.348. The molecule has 3 amide bonds. The van der Waals surface area contributed by atoms with Gasteiger partial charge in [0.1, 0.15) is 23.8 Å². The molecule has 0 radical (unpaired) electrons. The standard InChI is InChI=1S/C26H30FN3O5/c27-16-4-6-17(7-5-16)28-26(33)29-18-8-9-22-20(12-18)21-13-19(34-23(15-31)25(21)35-22)14-24(32)30-10-2-1-3-11-30/h4-9,12,19,21,23,25,31H,1-3,10-11,13-15H2,(H2,28,29,33)/t19-,21-,23+,25+/m0/s1. The van der Waals surface area contributed by atoms with Crippen LogP contribution < -0.4 is 15.4 Å². The Kier molecular flexibility index (Phi) is 6.88. The topological polar surface area (TPSA) is 100 Å². The van der Waals surface area contributed by atoms with Crippen molar-refractivity contribution in [2.45, 2.75) is 56.3 Å². The molecule has 3 aliphatic heterocycles. The number of piperidine rings is 1. The van der Waals surface area contributed by atoms with Crippen LogP contribution in [-0.4, -0.2) is 60.0 Å². The van der Waals surface area contributed by atoms with Crippen molar-refractivity contribution in [3.63, 3.8) is 0 Å². The summed E-state index contributed by atoms with van der Waals surface area (Å²) in [5, 5.41) is 15.4. The number of hydrogen-bond acceptors (Lipinski definition) is 5. The van der Waals surface area contributed by atoms with Gasteiger partial charge in [0.15, 0.2) is 0 Å². The van der Waals surface area contributed by atoms with Crippen LogP contribution in [0.4, 0.5) is 20.6 Å². The summed E-state index contributed by atoms with van der Waals surface area (Å²) in [5.41, 5.74) is 1.98. The number of aliphatic hydroxyl groups is 1. The average Bonchev–Trinajstić information content (AvgIpc) is 3.23. The molecule has 0 unspecified atom stereocenters. The Morgan fingerprint density at radius 3 is 2.49 bits per heavy atom. The van der Waals surface area contributed by atoms with Crippen molar-refractivity contribution >= 4 is 23.3 Å². The molecule has 186 valence electrons. The monoisotopic (exact) mass is 483 g/mol. The van der Waals surface area contributed by atoms with Gasteiger partial charge < -0.3 is 30.1 Å². The van der Waals surface area contributed by atoms with Gasteiger partial charge in [0.2, 0.25) is 5.91 Å². The summed E-state index contributed by atoms with van der Waals surface area (Å²) in [6, 6.07) is 10.5. The lowest BCUT2D eigenvalue weighted by atomic mass is 9.84. The molecule has 0 saturated carbocycles. The van der Waals surface area contributed by atoms with Crippen LogP contribution in [0.1, 0.15) is 43.6 Å². The Morgan fingerprint density at radius 2 is 1.74 bits per heavy atom. The number of nitrogens with one attached hydrogen (secondary N) is 2. The molecule has 5 rings (SSSR count). The maximum atomic E-state index is 13.1. The number of urea groups is 1. The first-order chi connectivity index (χ1) is 17.0. The van der Waals surface area contributed by atoms with Crippen LogP contribution in [0.25, 0.3) is 0 Å². The van der Waals surface area contributed by atoms with Crippen LogP contribution >= 0.6 is 0 Å². The number of aliphatic hydroxyl groups excluding tert-OH is 1. The zero-order chi connectivity index (χ0) is 24.4. The summed E-state index contributed by atoms with van der Waals surface area (Å²) < 4.78 is 25.3. The predicted octanol–water partition coefficient (Wildman–Crippen LogP) is 3.87. The van der Waals surface area contributed by atoms with Crippen molar-refractivity contribution in [3.05, 3.63) is 53.8 Å². The number of halogens is 1. The van der Waals surface area contributed by atoms with Gasteiger partial charge in [-0.15, -0.1) is 0 Å². The summed E-state index contributed by atoms with van der Waals surface area (Å²) in [6.45, 7) is 1.39. The minimum absolute atomic E-state index is 0.0584. The molecule has 3 heterocycles. The third-order valence-corrected chi connectivity index (χ3v) is 6.97. The first kappa shape index (κ1) is 23.6. The maximum absolute atomic E-state index is 13.1. The van der Waals surface area contributed by atoms with E-state index in [1.165, 1.54) is 24.3 Å². The summed E-state index contributed by atoms with van der Waals surface area (Å²) in [4.78, 5) is 27.2. The number of hydrogen-bond donors (Lipinski definition) is 3. The first-order valence-electron chi connectivity index (χ1n) is 12.2. The van der Waals surface area contributed by atoms with Gasteiger partial charge in [-0.25, -0.2) is 9.18 Å². The van der Waals surface area contributed by atoms with Gasteiger partial charge in [0.05, 0.1) is 19.1 Å². The van der Waals surface area contributed by atoms with Crippen LogP contribution in [0.15, 0.2) is 42.5 Å². The number of rotatable bonds is 5. The highest BCUT2D eigenvalue weighted by atomic mass is 19.1. The number of likely N-dealkylation sites (tertiary alicyclic amines) is 1. The lowest BCUT2D eigenvalue weighted by Gasteiger charge is -2.38. The molecule has 8 nitrogen and oxygen atoms in total. The van der Waals surface area contributed by atoms with Crippen LogP contribution in [-0.2, 0) is 9.53 Å². The minimum Gasteiger partial charge on any atom is -0.487 e.